The van der Waals surface area contributed by atoms with Crippen LogP contribution in [-0.4, -0.2) is 19.3 Å². The second-order valence-electron chi connectivity index (χ2n) is 2.12. The van der Waals surface area contributed by atoms with E-state index in [9.17, 15) is 4.79 Å². The lowest BCUT2D eigenvalue weighted by Crippen LogP contribution is -2.05. The zero-order valence-electron chi connectivity index (χ0n) is 6.73. The van der Waals surface area contributed by atoms with Gasteiger partial charge in [0.15, 0.2) is 0 Å². The third kappa shape index (κ3) is 2.20. The number of hydrogen-bond acceptors (Lipinski definition) is 3. The Kier molecular flexibility index (Phi) is 3.02. The lowest BCUT2D eigenvalue weighted by molar-refractivity contribution is -0.135. The van der Waals surface area contributed by atoms with Gasteiger partial charge in [0.05, 0.1) is 12.7 Å². The molecule has 0 aromatic carbocycles. The molecule has 0 atom stereocenters. The van der Waals surface area contributed by atoms with E-state index in [2.05, 4.69) is 9.73 Å². The number of aliphatic imine (C=N–C) groups is 1. The second-order valence-corrected chi connectivity index (χ2v) is 2.12. The average Bonchev–Trinajstić information content (AvgIpc) is 2.02. The maximum absolute atomic E-state index is 11.0. The van der Waals surface area contributed by atoms with Crippen LogP contribution in [-0.2, 0) is 9.53 Å². The Bertz CT molecular complexity index is 285. The number of carbonyl (C=O) groups is 1. The summed E-state index contributed by atoms with van der Waals surface area (Å²) in [6.45, 7) is 0. The number of methoxy groups -OCH3 is 1. The lowest BCUT2D eigenvalue weighted by Gasteiger charge is -1.97. The Hall–Kier alpha value is -1.64. The van der Waals surface area contributed by atoms with E-state index in [1.54, 1.807) is 30.5 Å². The molecule has 62 valence electrons. The summed E-state index contributed by atoms with van der Waals surface area (Å²) >= 11 is 0. The highest BCUT2D eigenvalue weighted by atomic mass is 16.5. The minimum Gasteiger partial charge on any atom is -0.465 e. The number of esters is 1. The Labute approximate surface area is 70.8 Å². The third-order valence-corrected chi connectivity index (χ3v) is 1.30. The molecule has 0 spiro atoms. The first kappa shape index (κ1) is 8.46. The summed E-state index contributed by atoms with van der Waals surface area (Å²) in [6.07, 6.45) is 10.0. The van der Waals surface area contributed by atoms with Crippen LogP contribution in [0.4, 0.5) is 0 Å². The molecule has 0 fully saturated rings. The molecule has 1 aliphatic heterocycles. The SMILES string of the molecule is COC(=O)C1=CC=CC=CN=C1. The van der Waals surface area contributed by atoms with Gasteiger partial charge in [-0.2, -0.15) is 0 Å². The molecule has 1 heterocycles. The summed E-state index contributed by atoms with van der Waals surface area (Å²) in [6, 6.07) is 0. The molecule has 0 radical (unpaired) electrons. The van der Waals surface area contributed by atoms with Crippen molar-refractivity contribution in [3.05, 3.63) is 36.1 Å². The van der Waals surface area contributed by atoms with Crippen molar-refractivity contribution in [2.75, 3.05) is 7.11 Å². The van der Waals surface area contributed by atoms with Crippen LogP contribution < -0.4 is 0 Å². The molecule has 3 nitrogen and oxygen atoms in total. The van der Waals surface area contributed by atoms with Gasteiger partial charge in [0.25, 0.3) is 0 Å². The van der Waals surface area contributed by atoms with E-state index in [4.69, 9.17) is 0 Å². The maximum atomic E-state index is 11.0. The fraction of sp³-hybridized carbons (Fsp3) is 0.111. The minimum atomic E-state index is -0.376. The molecule has 0 bridgehead atoms. The van der Waals surface area contributed by atoms with Gasteiger partial charge in [-0.3, -0.25) is 4.99 Å². The van der Waals surface area contributed by atoms with Gasteiger partial charge in [-0.1, -0.05) is 12.2 Å². The Morgan fingerprint density at radius 3 is 3.00 bits per heavy atom. The third-order valence-electron chi connectivity index (χ3n) is 1.30. The molecule has 0 aromatic heterocycles. The molecule has 12 heavy (non-hydrogen) atoms. The maximum Gasteiger partial charge on any atom is 0.339 e. The van der Waals surface area contributed by atoms with Gasteiger partial charge < -0.3 is 4.74 Å². The minimum absolute atomic E-state index is 0.376. The smallest absolute Gasteiger partial charge is 0.339 e. The number of allylic oxidation sites excluding steroid dienone is 4. The molecule has 0 saturated heterocycles. The number of rotatable bonds is 1. The summed E-state index contributed by atoms with van der Waals surface area (Å²) in [7, 11) is 1.34. The summed E-state index contributed by atoms with van der Waals surface area (Å²) < 4.78 is 4.53. The molecule has 0 aromatic rings. The summed E-state index contributed by atoms with van der Waals surface area (Å²) in [5.41, 5.74) is 0.443. The number of nitrogens with zero attached hydrogens (tertiary/aromatic N) is 1. The molecular formula is C9H9NO2. The zero-order chi connectivity index (χ0) is 8.81. The molecule has 3 heteroatoms. The van der Waals surface area contributed by atoms with Crippen LogP contribution in [0.1, 0.15) is 0 Å². The molecule has 0 N–H and O–H groups in total. The topological polar surface area (TPSA) is 38.7 Å². The largest absolute Gasteiger partial charge is 0.465 e. The van der Waals surface area contributed by atoms with E-state index in [0.29, 0.717) is 5.57 Å². The predicted molar refractivity (Wildman–Crippen MR) is 46.9 cm³/mol. The first-order valence-electron chi connectivity index (χ1n) is 3.49. The van der Waals surface area contributed by atoms with E-state index < -0.39 is 0 Å². The van der Waals surface area contributed by atoms with Gasteiger partial charge in [-0.05, 0) is 12.2 Å². The van der Waals surface area contributed by atoms with Crippen molar-refractivity contribution in [2.45, 2.75) is 0 Å². The van der Waals surface area contributed by atoms with Crippen LogP contribution in [0, 0.1) is 0 Å². The van der Waals surface area contributed by atoms with Gasteiger partial charge >= 0.3 is 5.97 Å². The van der Waals surface area contributed by atoms with Gasteiger partial charge in [-0.25, -0.2) is 4.79 Å². The summed E-state index contributed by atoms with van der Waals surface area (Å²) in [5.74, 6) is -0.376. The van der Waals surface area contributed by atoms with Crippen molar-refractivity contribution in [1.29, 1.82) is 0 Å². The monoisotopic (exact) mass is 163 g/mol. The van der Waals surface area contributed by atoms with E-state index in [1.807, 2.05) is 0 Å². The van der Waals surface area contributed by atoms with Crippen LogP contribution in [0.5, 0.6) is 0 Å². The van der Waals surface area contributed by atoms with E-state index in [1.165, 1.54) is 13.3 Å². The quantitative estimate of drug-likeness (QED) is 0.545. The molecule has 0 aliphatic carbocycles. The highest BCUT2D eigenvalue weighted by Gasteiger charge is 2.04. The molecule has 1 aliphatic rings. The number of hydrogen-bond donors (Lipinski definition) is 0. The van der Waals surface area contributed by atoms with Crippen molar-refractivity contribution in [3.8, 4) is 0 Å². The van der Waals surface area contributed by atoms with E-state index >= 15 is 0 Å². The summed E-state index contributed by atoms with van der Waals surface area (Å²) in [5, 5.41) is 0. The van der Waals surface area contributed by atoms with Crippen molar-refractivity contribution in [2.24, 2.45) is 4.99 Å². The highest BCUT2D eigenvalue weighted by molar-refractivity contribution is 6.09. The van der Waals surface area contributed by atoms with E-state index in [-0.39, 0.29) is 5.97 Å². The van der Waals surface area contributed by atoms with Crippen LogP contribution in [0.25, 0.3) is 0 Å². The van der Waals surface area contributed by atoms with Crippen molar-refractivity contribution in [3.63, 3.8) is 0 Å². The van der Waals surface area contributed by atoms with Crippen molar-refractivity contribution >= 4 is 12.2 Å². The van der Waals surface area contributed by atoms with Gasteiger partial charge in [0.2, 0.25) is 0 Å². The van der Waals surface area contributed by atoms with Crippen LogP contribution in [0.15, 0.2) is 41.1 Å². The average molecular weight is 163 g/mol. The Balaban J connectivity index is 2.82. The van der Waals surface area contributed by atoms with Crippen molar-refractivity contribution < 1.29 is 9.53 Å². The standard InChI is InChI=1S/C9H9NO2/c1-12-9(11)8-5-3-2-4-6-10-7-8/h2-7H,1H3. The molecule has 0 unspecified atom stereocenters. The van der Waals surface area contributed by atoms with Crippen molar-refractivity contribution in [1.82, 2.24) is 0 Å². The summed E-state index contributed by atoms with van der Waals surface area (Å²) in [4.78, 5) is 14.8. The predicted octanol–water partition coefficient (Wildman–Crippen LogP) is 1.24. The number of ether oxygens (including phenoxy) is 1. The van der Waals surface area contributed by atoms with Gasteiger partial charge in [0.1, 0.15) is 0 Å². The Morgan fingerprint density at radius 1 is 1.42 bits per heavy atom. The van der Waals surface area contributed by atoms with Gasteiger partial charge in [0, 0.05) is 12.4 Å². The molecule has 0 amide bonds. The fourth-order valence-corrected chi connectivity index (χ4v) is 0.728. The normalized spacial score (nSPS) is 14.9. The molecular weight excluding hydrogens is 154 g/mol. The first-order valence-corrected chi connectivity index (χ1v) is 3.49. The van der Waals surface area contributed by atoms with E-state index in [0.717, 1.165) is 0 Å². The van der Waals surface area contributed by atoms with Crippen LogP contribution >= 0.6 is 0 Å². The second kappa shape index (κ2) is 4.28. The Morgan fingerprint density at radius 2 is 2.25 bits per heavy atom. The first-order chi connectivity index (χ1) is 5.84. The highest BCUT2D eigenvalue weighted by Crippen LogP contribution is 1.97. The van der Waals surface area contributed by atoms with Crippen LogP contribution in [0.2, 0.25) is 0 Å². The fourth-order valence-electron chi connectivity index (χ4n) is 0.728. The van der Waals surface area contributed by atoms with Crippen LogP contribution in [0.3, 0.4) is 0 Å². The molecule has 1 rings (SSSR count). The molecule has 0 saturated carbocycles. The number of carbonyl (C=O) groups excluding carboxylic acids is 1. The lowest BCUT2D eigenvalue weighted by atomic mass is 10.2. The zero-order valence-corrected chi connectivity index (χ0v) is 6.73. The van der Waals surface area contributed by atoms with Gasteiger partial charge in [-0.15, -0.1) is 0 Å².